The van der Waals surface area contributed by atoms with Gasteiger partial charge in [0.25, 0.3) is 5.91 Å². The molecule has 0 fully saturated rings. The molecule has 1 aliphatic rings. The lowest BCUT2D eigenvalue weighted by Gasteiger charge is -2.26. The van der Waals surface area contributed by atoms with Crippen LogP contribution in [0.15, 0.2) is 47.4 Å². The number of carbonyl (C=O) groups excluding carboxylic acids is 1. The van der Waals surface area contributed by atoms with Crippen LogP contribution in [0.4, 0.5) is 10.1 Å². The van der Waals surface area contributed by atoms with Crippen LogP contribution in [0.25, 0.3) is 0 Å². The zero-order chi connectivity index (χ0) is 16.4. The van der Waals surface area contributed by atoms with Gasteiger partial charge in [-0.15, -0.1) is 11.8 Å². The SMILES string of the molecule is CN(C)c1cccc(C(=O)NC2CCSc3ccc(F)cc32)c1. The molecular weight excluding hydrogens is 311 g/mol. The van der Waals surface area contributed by atoms with Crippen LogP contribution in [0.5, 0.6) is 0 Å². The van der Waals surface area contributed by atoms with E-state index >= 15 is 0 Å². The average molecular weight is 330 g/mol. The van der Waals surface area contributed by atoms with Gasteiger partial charge in [-0.1, -0.05) is 6.07 Å². The second kappa shape index (κ2) is 6.62. The Hall–Kier alpha value is -2.01. The second-order valence-corrected chi connectivity index (χ2v) is 6.93. The van der Waals surface area contributed by atoms with Gasteiger partial charge in [-0.2, -0.15) is 0 Å². The van der Waals surface area contributed by atoms with E-state index in [-0.39, 0.29) is 17.8 Å². The lowest BCUT2D eigenvalue weighted by atomic mass is 10.0. The second-order valence-electron chi connectivity index (χ2n) is 5.79. The molecule has 1 amide bonds. The molecule has 1 aliphatic heterocycles. The van der Waals surface area contributed by atoms with Gasteiger partial charge in [0.1, 0.15) is 5.82 Å². The highest BCUT2D eigenvalue weighted by Crippen LogP contribution is 2.36. The van der Waals surface area contributed by atoms with Gasteiger partial charge >= 0.3 is 0 Å². The van der Waals surface area contributed by atoms with Crippen LogP contribution in [0.1, 0.15) is 28.4 Å². The summed E-state index contributed by atoms with van der Waals surface area (Å²) in [5, 5.41) is 3.05. The van der Waals surface area contributed by atoms with Crippen LogP contribution in [0, 0.1) is 5.82 Å². The van der Waals surface area contributed by atoms with Crippen LogP contribution in [-0.2, 0) is 0 Å². The van der Waals surface area contributed by atoms with Crippen molar-refractivity contribution in [2.45, 2.75) is 17.4 Å². The van der Waals surface area contributed by atoms with Gasteiger partial charge in [-0.3, -0.25) is 4.79 Å². The number of hydrogen-bond donors (Lipinski definition) is 1. The third-order valence-electron chi connectivity index (χ3n) is 3.94. The molecule has 3 rings (SSSR count). The van der Waals surface area contributed by atoms with Crippen molar-refractivity contribution in [2.24, 2.45) is 0 Å². The van der Waals surface area contributed by atoms with Crippen molar-refractivity contribution >= 4 is 23.4 Å². The highest BCUT2D eigenvalue weighted by molar-refractivity contribution is 7.99. The Morgan fingerprint density at radius 2 is 2.09 bits per heavy atom. The predicted octanol–water partition coefficient (Wildman–Crippen LogP) is 3.86. The maximum atomic E-state index is 13.5. The van der Waals surface area contributed by atoms with E-state index in [0.29, 0.717) is 5.56 Å². The fraction of sp³-hybridized carbons (Fsp3) is 0.278. The standard InChI is InChI=1S/C18H19FN2OS/c1-21(2)14-5-3-4-12(10-14)18(22)20-16-8-9-23-17-7-6-13(19)11-15(16)17/h3-7,10-11,16H,8-9H2,1-2H3,(H,20,22). The van der Waals surface area contributed by atoms with Crippen LogP contribution in [0.3, 0.4) is 0 Å². The number of fused-ring (bicyclic) bond motifs is 1. The van der Waals surface area contributed by atoms with Crippen molar-refractivity contribution in [1.82, 2.24) is 5.32 Å². The fourth-order valence-electron chi connectivity index (χ4n) is 2.68. The van der Waals surface area contributed by atoms with Crippen molar-refractivity contribution in [3.63, 3.8) is 0 Å². The van der Waals surface area contributed by atoms with E-state index in [1.165, 1.54) is 12.1 Å². The third-order valence-corrected chi connectivity index (χ3v) is 5.06. The molecule has 0 saturated heterocycles. The summed E-state index contributed by atoms with van der Waals surface area (Å²) < 4.78 is 13.5. The Bertz CT molecular complexity index is 733. The summed E-state index contributed by atoms with van der Waals surface area (Å²) in [6.07, 6.45) is 0.806. The molecule has 1 atom stereocenters. The van der Waals surface area contributed by atoms with Gasteiger partial charge in [0.05, 0.1) is 6.04 Å². The van der Waals surface area contributed by atoms with E-state index in [1.54, 1.807) is 23.9 Å². The molecule has 3 nitrogen and oxygen atoms in total. The minimum Gasteiger partial charge on any atom is -0.378 e. The smallest absolute Gasteiger partial charge is 0.251 e. The van der Waals surface area contributed by atoms with E-state index in [2.05, 4.69) is 5.32 Å². The van der Waals surface area contributed by atoms with Gasteiger partial charge in [-0.25, -0.2) is 4.39 Å². The minimum absolute atomic E-state index is 0.124. The van der Waals surface area contributed by atoms with Crippen molar-refractivity contribution in [3.05, 3.63) is 59.4 Å². The van der Waals surface area contributed by atoms with Crippen LogP contribution in [0.2, 0.25) is 0 Å². The van der Waals surface area contributed by atoms with E-state index in [4.69, 9.17) is 0 Å². The number of nitrogens with one attached hydrogen (secondary N) is 1. The lowest BCUT2D eigenvalue weighted by Crippen LogP contribution is -2.30. The molecule has 0 bridgehead atoms. The van der Waals surface area contributed by atoms with Gasteiger partial charge in [0.15, 0.2) is 0 Å². The number of thioether (sulfide) groups is 1. The maximum absolute atomic E-state index is 13.5. The number of amides is 1. The normalized spacial score (nSPS) is 16.6. The number of rotatable bonds is 3. The van der Waals surface area contributed by atoms with Crippen molar-refractivity contribution in [1.29, 1.82) is 0 Å². The molecule has 2 aromatic rings. The maximum Gasteiger partial charge on any atom is 0.251 e. The zero-order valence-corrected chi connectivity index (χ0v) is 14.0. The summed E-state index contributed by atoms with van der Waals surface area (Å²) in [4.78, 5) is 15.6. The Kier molecular flexibility index (Phi) is 4.57. The predicted molar refractivity (Wildman–Crippen MR) is 92.7 cm³/mol. The Morgan fingerprint density at radius 1 is 1.26 bits per heavy atom. The Labute approximate surface area is 139 Å². The largest absolute Gasteiger partial charge is 0.378 e. The molecule has 0 aromatic heterocycles. The van der Waals surface area contributed by atoms with Crippen molar-refractivity contribution in [3.8, 4) is 0 Å². The lowest BCUT2D eigenvalue weighted by molar-refractivity contribution is 0.0935. The molecule has 0 aliphatic carbocycles. The fourth-order valence-corrected chi connectivity index (χ4v) is 3.79. The van der Waals surface area contributed by atoms with Crippen molar-refractivity contribution < 1.29 is 9.18 Å². The molecular formula is C18H19FN2OS. The first kappa shape index (κ1) is 15.9. The highest BCUT2D eigenvalue weighted by Gasteiger charge is 2.23. The van der Waals surface area contributed by atoms with Gasteiger partial charge < -0.3 is 10.2 Å². The van der Waals surface area contributed by atoms with E-state index in [9.17, 15) is 9.18 Å². The number of anilines is 1. The highest BCUT2D eigenvalue weighted by atomic mass is 32.2. The molecule has 120 valence electrons. The first-order valence-corrected chi connectivity index (χ1v) is 8.53. The number of halogens is 1. The van der Waals surface area contributed by atoms with Crippen LogP contribution in [-0.4, -0.2) is 25.8 Å². The number of benzene rings is 2. The van der Waals surface area contributed by atoms with Gasteiger partial charge in [0, 0.05) is 36.0 Å². The zero-order valence-electron chi connectivity index (χ0n) is 13.2. The summed E-state index contributed by atoms with van der Waals surface area (Å²) in [5.74, 6) is 0.530. The van der Waals surface area contributed by atoms with Gasteiger partial charge in [-0.05, 0) is 48.4 Å². The molecule has 1 heterocycles. The van der Waals surface area contributed by atoms with Crippen LogP contribution < -0.4 is 10.2 Å². The van der Waals surface area contributed by atoms with Gasteiger partial charge in [0.2, 0.25) is 0 Å². The van der Waals surface area contributed by atoms with Crippen LogP contribution >= 0.6 is 11.8 Å². The summed E-state index contributed by atoms with van der Waals surface area (Å²) >= 11 is 1.71. The Morgan fingerprint density at radius 3 is 2.87 bits per heavy atom. The number of carbonyl (C=O) groups is 1. The third kappa shape index (κ3) is 3.50. The van der Waals surface area contributed by atoms with E-state index < -0.39 is 0 Å². The van der Waals surface area contributed by atoms with E-state index in [0.717, 1.165) is 28.3 Å². The number of hydrogen-bond acceptors (Lipinski definition) is 3. The molecule has 2 aromatic carbocycles. The first-order chi connectivity index (χ1) is 11.0. The van der Waals surface area contributed by atoms with E-state index in [1.807, 2.05) is 37.2 Å². The molecule has 0 spiro atoms. The Balaban J connectivity index is 1.82. The minimum atomic E-state index is -0.264. The summed E-state index contributed by atoms with van der Waals surface area (Å²) in [6.45, 7) is 0. The summed E-state index contributed by atoms with van der Waals surface area (Å²) in [5.41, 5.74) is 2.47. The van der Waals surface area contributed by atoms with Crippen molar-refractivity contribution in [2.75, 3.05) is 24.7 Å². The molecule has 23 heavy (non-hydrogen) atoms. The molecule has 0 saturated carbocycles. The summed E-state index contributed by atoms with van der Waals surface area (Å²) in [7, 11) is 3.88. The molecule has 1 unspecified atom stereocenters. The first-order valence-electron chi connectivity index (χ1n) is 7.55. The molecule has 0 radical (unpaired) electrons. The number of nitrogens with zero attached hydrogens (tertiary/aromatic N) is 1. The average Bonchev–Trinajstić information content (AvgIpc) is 2.55. The quantitative estimate of drug-likeness (QED) is 0.927. The topological polar surface area (TPSA) is 32.3 Å². The monoisotopic (exact) mass is 330 g/mol. The molecule has 5 heteroatoms. The summed E-state index contributed by atoms with van der Waals surface area (Å²) in [6, 6.07) is 12.1. The molecule has 1 N–H and O–H groups in total.